The normalized spacial score (nSPS) is 11.8. The Bertz CT molecular complexity index is 326. The number of halogens is 2. The minimum atomic E-state index is -0.0195. The second-order valence-electron chi connectivity index (χ2n) is 3.64. The van der Waals surface area contributed by atoms with Gasteiger partial charge in [0.25, 0.3) is 0 Å². The highest BCUT2D eigenvalue weighted by Crippen LogP contribution is 2.37. The van der Waals surface area contributed by atoms with E-state index in [1.807, 2.05) is 6.07 Å². The number of benzene rings is 1. The third-order valence-corrected chi connectivity index (χ3v) is 3.72. The second kappa shape index (κ2) is 4.75. The zero-order chi connectivity index (χ0) is 10.8. The van der Waals surface area contributed by atoms with E-state index in [-0.39, 0.29) is 4.75 Å². The van der Waals surface area contributed by atoms with Crippen molar-refractivity contribution in [3.63, 3.8) is 0 Å². The molecule has 0 saturated heterocycles. The minimum Gasteiger partial charge on any atom is -0.329 e. The minimum absolute atomic E-state index is 0.0195. The van der Waals surface area contributed by atoms with Crippen LogP contribution in [0.5, 0.6) is 0 Å². The van der Waals surface area contributed by atoms with Gasteiger partial charge in [-0.25, -0.2) is 0 Å². The molecule has 0 radical (unpaired) electrons. The van der Waals surface area contributed by atoms with Crippen molar-refractivity contribution in [2.75, 3.05) is 6.54 Å². The average Bonchev–Trinajstić information content (AvgIpc) is 2.11. The molecule has 0 heterocycles. The summed E-state index contributed by atoms with van der Waals surface area (Å²) in [6.07, 6.45) is 0. The lowest BCUT2D eigenvalue weighted by molar-refractivity contribution is 0.723. The summed E-state index contributed by atoms with van der Waals surface area (Å²) in [5, 5.41) is 1.42. The Morgan fingerprint density at radius 1 is 1.36 bits per heavy atom. The maximum absolute atomic E-state index is 6.04. The zero-order valence-electron chi connectivity index (χ0n) is 8.18. The van der Waals surface area contributed by atoms with E-state index in [4.69, 9.17) is 28.9 Å². The molecule has 0 aromatic heterocycles. The molecule has 1 rings (SSSR count). The van der Waals surface area contributed by atoms with E-state index in [1.54, 1.807) is 23.9 Å². The fraction of sp³-hybridized carbons (Fsp3) is 0.400. The van der Waals surface area contributed by atoms with Crippen molar-refractivity contribution in [3.05, 3.63) is 28.2 Å². The van der Waals surface area contributed by atoms with Crippen LogP contribution in [0.4, 0.5) is 0 Å². The summed E-state index contributed by atoms with van der Waals surface area (Å²) in [6, 6.07) is 5.45. The first-order valence-corrected chi connectivity index (χ1v) is 5.86. The summed E-state index contributed by atoms with van der Waals surface area (Å²) in [7, 11) is 0. The van der Waals surface area contributed by atoms with Crippen molar-refractivity contribution in [2.24, 2.45) is 5.73 Å². The Labute approximate surface area is 99.0 Å². The molecule has 4 heteroatoms. The first-order valence-electron chi connectivity index (χ1n) is 4.29. The van der Waals surface area contributed by atoms with E-state index in [2.05, 4.69) is 13.8 Å². The largest absolute Gasteiger partial charge is 0.329 e. The van der Waals surface area contributed by atoms with Crippen molar-refractivity contribution in [1.82, 2.24) is 0 Å². The van der Waals surface area contributed by atoms with Gasteiger partial charge in [0.1, 0.15) is 0 Å². The molecule has 0 aliphatic rings. The van der Waals surface area contributed by atoms with E-state index in [0.29, 0.717) is 11.6 Å². The van der Waals surface area contributed by atoms with E-state index in [9.17, 15) is 0 Å². The van der Waals surface area contributed by atoms with Crippen LogP contribution in [0.2, 0.25) is 10.0 Å². The van der Waals surface area contributed by atoms with Gasteiger partial charge < -0.3 is 5.73 Å². The summed E-state index contributed by atoms with van der Waals surface area (Å²) >= 11 is 13.6. The van der Waals surface area contributed by atoms with Gasteiger partial charge >= 0.3 is 0 Å². The molecule has 1 aromatic carbocycles. The molecule has 0 amide bonds. The first-order chi connectivity index (χ1) is 6.44. The van der Waals surface area contributed by atoms with Crippen LogP contribution in [0.1, 0.15) is 13.8 Å². The monoisotopic (exact) mass is 249 g/mol. The summed E-state index contributed by atoms with van der Waals surface area (Å²) in [5.74, 6) is 0. The predicted octanol–water partition coefficient (Wildman–Crippen LogP) is 3.82. The van der Waals surface area contributed by atoms with Crippen molar-refractivity contribution >= 4 is 35.0 Å². The summed E-state index contributed by atoms with van der Waals surface area (Å²) in [6.45, 7) is 4.75. The molecular weight excluding hydrogens is 237 g/mol. The lowest BCUT2D eigenvalue weighted by atomic mass is 10.2. The van der Waals surface area contributed by atoms with Crippen molar-refractivity contribution in [1.29, 1.82) is 0 Å². The van der Waals surface area contributed by atoms with Gasteiger partial charge in [0.2, 0.25) is 0 Å². The Hall–Kier alpha value is 0.110. The topological polar surface area (TPSA) is 26.0 Å². The van der Waals surface area contributed by atoms with Gasteiger partial charge in [-0.3, -0.25) is 0 Å². The molecule has 78 valence electrons. The van der Waals surface area contributed by atoms with Crippen LogP contribution in [0.3, 0.4) is 0 Å². The van der Waals surface area contributed by atoms with E-state index in [0.717, 1.165) is 9.92 Å². The van der Waals surface area contributed by atoms with Crippen molar-refractivity contribution < 1.29 is 0 Å². The molecule has 0 bridgehead atoms. The van der Waals surface area contributed by atoms with Crippen LogP contribution in [0.25, 0.3) is 0 Å². The molecule has 1 nitrogen and oxygen atoms in total. The van der Waals surface area contributed by atoms with E-state index in [1.165, 1.54) is 0 Å². The zero-order valence-corrected chi connectivity index (χ0v) is 10.5. The van der Waals surface area contributed by atoms with Gasteiger partial charge in [0.05, 0.1) is 5.02 Å². The van der Waals surface area contributed by atoms with E-state index >= 15 is 0 Å². The average molecular weight is 250 g/mol. The summed E-state index contributed by atoms with van der Waals surface area (Å²) < 4.78 is -0.0195. The van der Waals surface area contributed by atoms with Crippen LogP contribution >= 0.6 is 35.0 Å². The van der Waals surface area contributed by atoms with Gasteiger partial charge in [-0.05, 0) is 32.0 Å². The Balaban J connectivity index is 2.91. The fourth-order valence-corrected chi connectivity index (χ4v) is 2.39. The number of hydrogen-bond donors (Lipinski definition) is 1. The maximum Gasteiger partial charge on any atom is 0.0543 e. The lowest BCUT2D eigenvalue weighted by Crippen LogP contribution is -2.26. The molecule has 0 aliphatic heterocycles. The third kappa shape index (κ3) is 3.35. The molecule has 1 aromatic rings. The molecule has 0 unspecified atom stereocenters. The number of hydrogen-bond acceptors (Lipinski definition) is 2. The highest BCUT2D eigenvalue weighted by molar-refractivity contribution is 8.00. The third-order valence-electron chi connectivity index (χ3n) is 1.77. The Morgan fingerprint density at radius 3 is 2.57 bits per heavy atom. The molecule has 0 fully saturated rings. The highest BCUT2D eigenvalue weighted by atomic mass is 35.5. The van der Waals surface area contributed by atoms with Gasteiger partial charge in [-0.2, -0.15) is 0 Å². The molecule has 0 spiro atoms. The fourth-order valence-electron chi connectivity index (χ4n) is 0.895. The Kier molecular flexibility index (Phi) is 4.14. The molecule has 0 saturated carbocycles. The van der Waals surface area contributed by atoms with Crippen LogP contribution in [0.15, 0.2) is 23.1 Å². The van der Waals surface area contributed by atoms with Gasteiger partial charge in [-0.1, -0.05) is 23.2 Å². The van der Waals surface area contributed by atoms with Gasteiger partial charge in [0.15, 0.2) is 0 Å². The predicted molar refractivity (Wildman–Crippen MR) is 65.5 cm³/mol. The molecule has 14 heavy (non-hydrogen) atoms. The highest BCUT2D eigenvalue weighted by Gasteiger charge is 2.18. The molecule has 2 N–H and O–H groups in total. The molecule has 0 aliphatic carbocycles. The Morgan fingerprint density at radius 2 is 2.00 bits per heavy atom. The van der Waals surface area contributed by atoms with Gasteiger partial charge in [-0.15, -0.1) is 11.8 Å². The van der Waals surface area contributed by atoms with Crippen LogP contribution in [-0.4, -0.2) is 11.3 Å². The molecular formula is C10H13Cl2NS. The van der Waals surface area contributed by atoms with Crippen molar-refractivity contribution in [3.8, 4) is 0 Å². The number of nitrogens with two attached hydrogens (primary N) is 1. The van der Waals surface area contributed by atoms with Crippen LogP contribution < -0.4 is 5.73 Å². The SMILES string of the molecule is CC(C)(CN)Sc1cc(Cl)ccc1Cl. The van der Waals surface area contributed by atoms with E-state index < -0.39 is 0 Å². The smallest absolute Gasteiger partial charge is 0.0543 e. The summed E-state index contributed by atoms with van der Waals surface area (Å²) in [4.78, 5) is 0.981. The molecule has 0 atom stereocenters. The maximum atomic E-state index is 6.04. The van der Waals surface area contributed by atoms with Crippen LogP contribution in [0, 0.1) is 0 Å². The van der Waals surface area contributed by atoms with Crippen molar-refractivity contribution in [2.45, 2.75) is 23.5 Å². The first kappa shape index (κ1) is 12.2. The summed E-state index contributed by atoms with van der Waals surface area (Å²) in [5.41, 5.74) is 5.65. The quantitative estimate of drug-likeness (QED) is 0.825. The number of rotatable bonds is 3. The lowest BCUT2D eigenvalue weighted by Gasteiger charge is -2.22. The number of thioether (sulfide) groups is 1. The second-order valence-corrected chi connectivity index (χ2v) is 6.23. The van der Waals surface area contributed by atoms with Gasteiger partial charge in [0, 0.05) is 21.2 Å². The standard InChI is InChI=1S/C10H13Cl2NS/c1-10(2,6-13)14-9-5-7(11)3-4-8(9)12/h3-5H,6,13H2,1-2H3. The van der Waals surface area contributed by atoms with Crippen LogP contribution in [-0.2, 0) is 0 Å².